The molecule has 3 aromatic rings. The van der Waals surface area contributed by atoms with Gasteiger partial charge in [-0.25, -0.2) is 4.99 Å². The standard InChI is InChI=1S/C30H32N4O2S/c1-4-31-26-16-15-25(22(2)35)19-27(26)32-30-34(20-24-13-9-6-10-14-24)29(36)28(37-30)21-33(3)18-17-23-11-7-5-8-12-23/h5-16,19,21,31H,4,17-18,20H2,1-3H3/b28-21-,32-30?. The summed E-state index contributed by atoms with van der Waals surface area (Å²) in [5.74, 6) is -0.103. The maximum atomic E-state index is 13.6. The average Bonchev–Trinajstić information content (AvgIpc) is 3.18. The first-order valence-corrected chi connectivity index (χ1v) is 13.2. The second-order valence-electron chi connectivity index (χ2n) is 8.90. The lowest BCUT2D eigenvalue weighted by molar-refractivity contribution is -0.122. The zero-order valence-corrected chi connectivity index (χ0v) is 22.3. The van der Waals surface area contributed by atoms with Gasteiger partial charge in [-0.1, -0.05) is 60.7 Å². The van der Waals surface area contributed by atoms with E-state index in [1.807, 2.05) is 74.8 Å². The molecular formula is C30H32N4O2S. The quantitative estimate of drug-likeness (QED) is 0.263. The van der Waals surface area contributed by atoms with Gasteiger partial charge in [0.05, 0.1) is 22.8 Å². The van der Waals surface area contributed by atoms with Gasteiger partial charge in [-0.15, -0.1) is 0 Å². The number of thioether (sulfide) groups is 1. The SMILES string of the molecule is CCNc1ccc(C(C)=O)cc1N=C1S/C(=C\N(C)CCc2ccccc2)C(=O)N1Cc1ccccc1. The number of likely N-dealkylation sites (N-methyl/N-ethyl adjacent to an activating group) is 1. The van der Waals surface area contributed by atoms with E-state index >= 15 is 0 Å². The van der Waals surface area contributed by atoms with Crippen LogP contribution in [0.15, 0.2) is 95.0 Å². The van der Waals surface area contributed by atoms with Crippen LogP contribution in [0.4, 0.5) is 11.4 Å². The number of hydrogen-bond acceptors (Lipinski definition) is 6. The molecule has 0 aromatic heterocycles. The van der Waals surface area contributed by atoms with Gasteiger partial charge in [0.2, 0.25) is 0 Å². The maximum absolute atomic E-state index is 13.6. The van der Waals surface area contributed by atoms with E-state index in [0.29, 0.717) is 34.4 Å². The summed E-state index contributed by atoms with van der Waals surface area (Å²) < 4.78 is 0. The van der Waals surface area contributed by atoms with Crippen LogP contribution in [0.1, 0.15) is 35.3 Å². The molecule has 1 fully saturated rings. The Morgan fingerprint density at radius 1 is 1.03 bits per heavy atom. The number of ketones is 1. The van der Waals surface area contributed by atoms with Crippen LogP contribution < -0.4 is 5.32 Å². The summed E-state index contributed by atoms with van der Waals surface area (Å²) in [6.45, 7) is 5.48. The molecule has 4 rings (SSSR count). The van der Waals surface area contributed by atoms with Gasteiger partial charge in [-0.3, -0.25) is 14.5 Å². The second-order valence-corrected chi connectivity index (χ2v) is 9.91. The monoisotopic (exact) mass is 512 g/mol. The van der Waals surface area contributed by atoms with Crippen molar-refractivity contribution in [2.75, 3.05) is 25.5 Å². The van der Waals surface area contributed by atoms with Crippen molar-refractivity contribution in [3.63, 3.8) is 0 Å². The Morgan fingerprint density at radius 3 is 2.35 bits per heavy atom. The lowest BCUT2D eigenvalue weighted by Gasteiger charge is -2.17. The molecule has 1 aliphatic rings. The number of benzene rings is 3. The molecule has 1 amide bonds. The number of nitrogens with one attached hydrogen (secondary N) is 1. The molecule has 0 aliphatic carbocycles. The normalized spacial score (nSPS) is 15.4. The topological polar surface area (TPSA) is 65.0 Å². The Hall–Kier alpha value is -3.84. The van der Waals surface area contributed by atoms with Crippen molar-refractivity contribution in [3.8, 4) is 0 Å². The Bertz CT molecular complexity index is 1310. The highest BCUT2D eigenvalue weighted by molar-refractivity contribution is 8.18. The van der Waals surface area contributed by atoms with Gasteiger partial charge < -0.3 is 10.2 Å². The van der Waals surface area contributed by atoms with Crippen LogP contribution >= 0.6 is 11.8 Å². The van der Waals surface area contributed by atoms with Gasteiger partial charge >= 0.3 is 0 Å². The fraction of sp³-hybridized carbons (Fsp3) is 0.233. The Labute approximate surface area is 223 Å². The minimum absolute atomic E-state index is 0.0265. The number of amides is 1. The number of amidine groups is 1. The molecule has 37 heavy (non-hydrogen) atoms. The Kier molecular flexibility index (Phi) is 8.80. The van der Waals surface area contributed by atoms with E-state index in [9.17, 15) is 9.59 Å². The van der Waals surface area contributed by atoms with E-state index in [1.54, 1.807) is 24.0 Å². The molecule has 0 radical (unpaired) electrons. The van der Waals surface area contributed by atoms with Crippen molar-refractivity contribution in [1.29, 1.82) is 0 Å². The van der Waals surface area contributed by atoms with Crippen LogP contribution in [0.3, 0.4) is 0 Å². The Balaban J connectivity index is 1.65. The van der Waals surface area contributed by atoms with E-state index in [-0.39, 0.29) is 11.7 Å². The predicted molar refractivity (Wildman–Crippen MR) is 153 cm³/mol. The molecule has 7 heteroatoms. The molecule has 0 unspecified atom stereocenters. The summed E-state index contributed by atoms with van der Waals surface area (Å²) in [5.41, 5.74) is 4.33. The summed E-state index contributed by atoms with van der Waals surface area (Å²) in [5, 5.41) is 3.91. The van der Waals surface area contributed by atoms with Gasteiger partial charge in [0, 0.05) is 31.9 Å². The summed E-state index contributed by atoms with van der Waals surface area (Å²) in [6, 6.07) is 25.7. The number of anilines is 1. The number of rotatable bonds is 10. The molecule has 6 nitrogen and oxygen atoms in total. The van der Waals surface area contributed by atoms with E-state index in [1.165, 1.54) is 17.3 Å². The van der Waals surface area contributed by atoms with Crippen LogP contribution in [-0.4, -0.2) is 46.8 Å². The average molecular weight is 513 g/mol. The summed E-state index contributed by atoms with van der Waals surface area (Å²) in [4.78, 5) is 34.9. The molecular weight excluding hydrogens is 480 g/mol. The summed E-state index contributed by atoms with van der Waals surface area (Å²) in [6.07, 6.45) is 2.80. The molecule has 1 saturated heterocycles. The Morgan fingerprint density at radius 2 is 1.70 bits per heavy atom. The van der Waals surface area contributed by atoms with Crippen LogP contribution in [0.2, 0.25) is 0 Å². The van der Waals surface area contributed by atoms with Crippen LogP contribution in [0.25, 0.3) is 0 Å². The minimum atomic E-state index is -0.0770. The lowest BCUT2D eigenvalue weighted by Crippen LogP contribution is -2.29. The molecule has 1 N–H and O–H groups in total. The first-order valence-electron chi connectivity index (χ1n) is 12.4. The zero-order chi connectivity index (χ0) is 26.2. The van der Waals surface area contributed by atoms with Gasteiger partial charge in [0.1, 0.15) is 0 Å². The van der Waals surface area contributed by atoms with Crippen molar-refractivity contribution < 1.29 is 9.59 Å². The molecule has 3 aromatic carbocycles. The van der Waals surface area contributed by atoms with E-state index in [2.05, 4.69) is 22.3 Å². The van der Waals surface area contributed by atoms with Crippen LogP contribution in [0.5, 0.6) is 0 Å². The predicted octanol–water partition coefficient (Wildman–Crippen LogP) is 6.10. The van der Waals surface area contributed by atoms with Gasteiger partial charge in [-0.2, -0.15) is 0 Å². The summed E-state index contributed by atoms with van der Waals surface area (Å²) in [7, 11) is 1.99. The first-order chi connectivity index (χ1) is 17.9. The molecule has 0 saturated carbocycles. The van der Waals surface area contributed by atoms with Crippen LogP contribution in [-0.2, 0) is 17.8 Å². The molecule has 1 aliphatic heterocycles. The maximum Gasteiger partial charge on any atom is 0.268 e. The molecule has 1 heterocycles. The van der Waals surface area contributed by atoms with Crippen molar-refractivity contribution in [2.45, 2.75) is 26.8 Å². The molecule has 0 bridgehead atoms. The summed E-state index contributed by atoms with van der Waals surface area (Å²) >= 11 is 1.37. The van der Waals surface area contributed by atoms with E-state index in [4.69, 9.17) is 4.99 Å². The lowest BCUT2D eigenvalue weighted by atomic mass is 10.1. The number of carbonyl (C=O) groups is 2. The third-order valence-electron chi connectivity index (χ3n) is 5.99. The smallest absolute Gasteiger partial charge is 0.268 e. The van der Waals surface area contributed by atoms with Gasteiger partial charge in [0.15, 0.2) is 11.0 Å². The third kappa shape index (κ3) is 6.89. The molecule has 0 spiro atoms. The van der Waals surface area contributed by atoms with Crippen molar-refractivity contribution in [1.82, 2.24) is 9.80 Å². The van der Waals surface area contributed by atoms with Gasteiger partial charge in [0.25, 0.3) is 5.91 Å². The highest BCUT2D eigenvalue weighted by Crippen LogP contribution is 2.36. The minimum Gasteiger partial charge on any atom is -0.384 e. The zero-order valence-electron chi connectivity index (χ0n) is 21.5. The number of hydrogen-bond donors (Lipinski definition) is 1. The van der Waals surface area contributed by atoms with Gasteiger partial charge in [-0.05, 0) is 61.4 Å². The van der Waals surface area contributed by atoms with Crippen molar-refractivity contribution in [2.24, 2.45) is 4.99 Å². The highest BCUT2D eigenvalue weighted by Gasteiger charge is 2.34. The fourth-order valence-corrected chi connectivity index (χ4v) is 5.02. The number of Topliss-reactive ketones (excluding diaryl/α,β-unsaturated/α-hetero) is 1. The highest BCUT2D eigenvalue weighted by atomic mass is 32.2. The largest absolute Gasteiger partial charge is 0.384 e. The number of aliphatic imine (C=N–C) groups is 1. The van der Waals surface area contributed by atoms with Crippen molar-refractivity contribution >= 4 is 40.0 Å². The number of nitrogens with zero attached hydrogens (tertiary/aromatic N) is 3. The van der Waals surface area contributed by atoms with Crippen LogP contribution in [0, 0.1) is 0 Å². The number of carbonyl (C=O) groups excluding carboxylic acids is 2. The molecule has 190 valence electrons. The molecule has 0 atom stereocenters. The second kappa shape index (κ2) is 12.4. The third-order valence-corrected chi connectivity index (χ3v) is 6.99. The van der Waals surface area contributed by atoms with E-state index < -0.39 is 0 Å². The van der Waals surface area contributed by atoms with E-state index in [0.717, 1.165) is 24.2 Å². The first kappa shape index (κ1) is 26.2. The van der Waals surface area contributed by atoms with Crippen molar-refractivity contribution in [3.05, 3.63) is 107 Å². The fourth-order valence-electron chi connectivity index (χ4n) is 3.99.